The summed E-state index contributed by atoms with van der Waals surface area (Å²) in [7, 11) is 0.642. The SMILES string of the molecule is CNCC1CS(=O)(=O)c2cc(C)cc(C)c2N1C. The van der Waals surface area contributed by atoms with Crippen LogP contribution in [-0.2, 0) is 9.84 Å². The standard InChI is InChI=1S/C13H20N2O2S/c1-9-5-10(2)13-12(6-9)18(16,17)8-11(7-14-3)15(13)4/h5-6,11,14H,7-8H2,1-4H3. The highest BCUT2D eigenvalue weighted by atomic mass is 32.2. The van der Waals surface area contributed by atoms with Crippen molar-refractivity contribution in [2.24, 2.45) is 0 Å². The third-order valence-corrected chi connectivity index (χ3v) is 5.30. The number of anilines is 1. The highest BCUT2D eigenvalue weighted by molar-refractivity contribution is 7.91. The first-order valence-corrected chi connectivity index (χ1v) is 7.73. The Morgan fingerprint density at radius 1 is 1.39 bits per heavy atom. The molecule has 2 rings (SSSR count). The molecule has 0 fully saturated rings. The number of benzene rings is 1. The van der Waals surface area contributed by atoms with Crippen molar-refractivity contribution in [2.45, 2.75) is 24.8 Å². The van der Waals surface area contributed by atoms with Crippen LogP contribution in [0.3, 0.4) is 0 Å². The molecule has 1 aliphatic heterocycles. The Kier molecular flexibility index (Phi) is 3.38. The average molecular weight is 268 g/mol. The van der Waals surface area contributed by atoms with E-state index in [9.17, 15) is 8.42 Å². The summed E-state index contributed by atoms with van der Waals surface area (Å²) in [5.74, 6) is 0.181. The van der Waals surface area contributed by atoms with E-state index < -0.39 is 9.84 Å². The van der Waals surface area contributed by atoms with Gasteiger partial charge in [0.05, 0.1) is 22.4 Å². The molecule has 0 aromatic heterocycles. The number of nitrogens with one attached hydrogen (secondary N) is 1. The first-order valence-electron chi connectivity index (χ1n) is 6.08. The smallest absolute Gasteiger partial charge is 0.182 e. The molecule has 0 aliphatic carbocycles. The first kappa shape index (κ1) is 13.4. The van der Waals surface area contributed by atoms with E-state index in [1.807, 2.05) is 34.0 Å². The van der Waals surface area contributed by atoms with Crippen LogP contribution in [0.1, 0.15) is 11.1 Å². The topological polar surface area (TPSA) is 49.4 Å². The molecule has 0 amide bonds. The van der Waals surface area contributed by atoms with Gasteiger partial charge in [-0.05, 0) is 38.1 Å². The average Bonchev–Trinajstić information content (AvgIpc) is 2.25. The molecular weight excluding hydrogens is 248 g/mol. The predicted molar refractivity (Wildman–Crippen MR) is 74.1 cm³/mol. The number of rotatable bonds is 2. The highest BCUT2D eigenvalue weighted by Gasteiger charge is 2.34. The van der Waals surface area contributed by atoms with Crippen LogP contribution in [0.5, 0.6) is 0 Å². The fourth-order valence-corrected chi connectivity index (χ4v) is 4.67. The van der Waals surface area contributed by atoms with Gasteiger partial charge in [-0.2, -0.15) is 0 Å². The molecule has 0 radical (unpaired) electrons. The molecule has 0 saturated heterocycles. The van der Waals surface area contributed by atoms with Crippen molar-refractivity contribution in [1.29, 1.82) is 0 Å². The minimum atomic E-state index is -3.17. The molecule has 0 saturated carbocycles. The molecule has 1 N–H and O–H groups in total. The van der Waals surface area contributed by atoms with Gasteiger partial charge in [-0.3, -0.25) is 0 Å². The van der Waals surface area contributed by atoms with Crippen LogP contribution in [0, 0.1) is 13.8 Å². The lowest BCUT2D eigenvalue weighted by atomic mass is 10.1. The second-order valence-electron chi connectivity index (χ2n) is 5.03. The Balaban J connectivity index is 2.63. The fraction of sp³-hybridized carbons (Fsp3) is 0.538. The summed E-state index contributed by atoms with van der Waals surface area (Å²) in [6.45, 7) is 4.57. The third-order valence-electron chi connectivity index (χ3n) is 3.50. The minimum Gasteiger partial charge on any atom is -0.368 e. The van der Waals surface area contributed by atoms with E-state index in [2.05, 4.69) is 10.2 Å². The summed E-state index contributed by atoms with van der Waals surface area (Å²) < 4.78 is 24.7. The lowest BCUT2D eigenvalue weighted by Gasteiger charge is -2.37. The number of likely N-dealkylation sites (N-methyl/N-ethyl adjacent to an activating group) is 2. The Morgan fingerprint density at radius 3 is 2.67 bits per heavy atom. The maximum Gasteiger partial charge on any atom is 0.182 e. The van der Waals surface area contributed by atoms with E-state index in [1.54, 1.807) is 6.07 Å². The third kappa shape index (κ3) is 2.12. The summed E-state index contributed by atoms with van der Waals surface area (Å²) in [4.78, 5) is 2.57. The van der Waals surface area contributed by atoms with E-state index in [1.165, 1.54) is 0 Å². The Labute approximate surface area is 109 Å². The summed E-state index contributed by atoms with van der Waals surface area (Å²) in [5.41, 5.74) is 2.87. The zero-order valence-corrected chi connectivity index (χ0v) is 12.1. The van der Waals surface area contributed by atoms with Crippen LogP contribution in [-0.4, -0.2) is 40.9 Å². The zero-order valence-electron chi connectivity index (χ0n) is 11.3. The van der Waals surface area contributed by atoms with Crippen LogP contribution in [0.4, 0.5) is 5.69 Å². The zero-order chi connectivity index (χ0) is 13.5. The second-order valence-corrected chi connectivity index (χ2v) is 7.04. The molecule has 4 nitrogen and oxygen atoms in total. The van der Waals surface area contributed by atoms with Crippen molar-refractivity contribution in [1.82, 2.24) is 5.32 Å². The number of nitrogens with zero attached hydrogens (tertiary/aromatic N) is 1. The van der Waals surface area contributed by atoms with Crippen molar-refractivity contribution < 1.29 is 8.42 Å². The highest BCUT2D eigenvalue weighted by Crippen LogP contribution is 2.35. The molecule has 1 atom stereocenters. The predicted octanol–water partition coefficient (Wildman–Crippen LogP) is 1.11. The van der Waals surface area contributed by atoms with Crippen LogP contribution < -0.4 is 10.2 Å². The molecule has 100 valence electrons. The summed E-state index contributed by atoms with van der Waals surface area (Å²) >= 11 is 0. The van der Waals surface area contributed by atoms with E-state index in [-0.39, 0.29) is 11.8 Å². The van der Waals surface area contributed by atoms with Gasteiger partial charge in [0.25, 0.3) is 0 Å². The molecule has 1 aromatic rings. The number of aryl methyl sites for hydroxylation is 2. The molecule has 0 bridgehead atoms. The Hall–Kier alpha value is -1.07. The number of fused-ring (bicyclic) bond motifs is 1. The molecule has 18 heavy (non-hydrogen) atoms. The van der Waals surface area contributed by atoms with Crippen LogP contribution >= 0.6 is 0 Å². The normalized spacial score (nSPS) is 21.8. The summed E-state index contributed by atoms with van der Waals surface area (Å²) in [6, 6.07) is 3.81. The van der Waals surface area contributed by atoms with E-state index in [4.69, 9.17) is 0 Å². The van der Waals surface area contributed by atoms with E-state index in [0.29, 0.717) is 11.4 Å². The van der Waals surface area contributed by atoms with E-state index >= 15 is 0 Å². The van der Waals surface area contributed by atoms with Gasteiger partial charge in [0, 0.05) is 13.6 Å². The van der Waals surface area contributed by atoms with Crippen LogP contribution in [0.15, 0.2) is 17.0 Å². The van der Waals surface area contributed by atoms with Gasteiger partial charge in [-0.1, -0.05) is 6.07 Å². The molecule has 1 heterocycles. The molecular formula is C13H20N2O2S. The maximum atomic E-state index is 12.4. The maximum absolute atomic E-state index is 12.4. The van der Waals surface area contributed by atoms with Crippen molar-refractivity contribution >= 4 is 15.5 Å². The number of sulfone groups is 1. The van der Waals surface area contributed by atoms with Crippen LogP contribution in [0.25, 0.3) is 0 Å². The van der Waals surface area contributed by atoms with Crippen LogP contribution in [0.2, 0.25) is 0 Å². The van der Waals surface area contributed by atoms with Crippen molar-refractivity contribution in [3.8, 4) is 0 Å². The molecule has 5 heteroatoms. The lowest BCUT2D eigenvalue weighted by Crippen LogP contribution is -2.47. The number of hydrogen-bond acceptors (Lipinski definition) is 4. The van der Waals surface area contributed by atoms with Gasteiger partial charge in [-0.15, -0.1) is 0 Å². The quantitative estimate of drug-likeness (QED) is 0.873. The molecule has 1 aromatic carbocycles. The van der Waals surface area contributed by atoms with Crippen molar-refractivity contribution in [3.63, 3.8) is 0 Å². The summed E-state index contributed by atoms with van der Waals surface area (Å²) in [5, 5.41) is 3.06. The monoisotopic (exact) mass is 268 g/mol. The van der Waals surface area contributed by atoms with Gasteiger partial charge in [0.15, 0.2) is 9.84 Å². The van der Waals surface area contributed by atoms with Gasteiger partial charge < -0.3 is 10.2 Å². The molecule has 1 aliphatic rings. The van der Waals surface area contributed by atoms with Crippen molar-refractivity contribution in [3.05, 3.63) is 23.3 Å². The van der Waals surface area contributed by atoms with Gasteiger partial charge in [0.2, 0.25) is 0 Å². The largest absolute Gasteiger partial charge is 0.368 e. The Bertz CT molecular complexity index is 567. The van der Waals surface area contributed by atoms with Gasteiger partial charge in [-0.25, -0.2) is 8.42 Å². The molecule has 1 unspecified atom stereocenters. The first-order chi connectivity index (χ1) is 8.36. The second kappa shape index (κ2) is 4.55. The Morgan fingerprint density at radius 2 is 2.06 bits per heavy atom. The minimum absolute atomic E-state index is 0.00564. The molecule has 0 spiro atoms. The summed E-state index contributed by atoms with van der Waals surface area (Å²) in [6.07, 6.45) is 0. The van der Waals surface area contributed by atoms with Gasteiger partial charge in [0.1, 0.15) is 0 Å². The lowest BCUT2D eigenvalue weighted by molar-refractivity contribution is 0.560. The fourth-order valence-electron chi connectivity index (χ4n) is 2.68. The van der Waals surface area contributed by atoms with Crippen molar-refractivity contribution in [2.75, 3.05) is 31.3 Å². The van der Waals surface area contributed by atoms with E-state index in [0.717, 1.165) is 16.8 Å². The number of hydrogen-bond donors (Lipinski definition) is 1. The van der Waals surface area contributed by atoms with Gasteiger partial charge >= 0.3 is 0 Å².